The van der Waals surface area contributed by atoms with E-state index in [9.17, 15) is 19.6 Å². The summed E-state index contributed by atoms with van der Waals surface area (Å²) in [7, 11) is 1.77. The molecule has 8 nitrogen and oxygen atoms in total. The maximum absolute atomic E-state index is 12.4. The molecule has 0 N–H and O–H groups in total. The van der Waals surface area contributed by atoms with Gasteiger partial charge in [-0.25, -0.2) is 4.79 Å². The van der Waals surface area contributed by atoms with Crippen molar-refractivity contribution in [3.63, 3.8) is 0 Å². The molecular formula is C24H26N2O6S3. The Balaban J connectivity index is 1.33. The number of hydrogen-bond acceptors (Lipinski definition) is 11. The summed E-state index contributed by atoms with van der Waals surface area (Å²) < 4.78 is 15.4. The number of carbonyl (C=O) groups excluding carboxylic acids is 3. The van der Waals surface area contributed by atoms with Crippen LogP contribution in [0.4, 0.5) is 5.69 Å². The molecule has 1 aromatic rings. The first-order valence-corrected chi connectivity index (χ1v) is 13.9. The fourth-order valence-corrected chi connectivity index (χ4v) is 6.69. The molecule has 1 atom stereocenters. The van der Waals surface area contributed by atoms with Gasteiger partial charge in [-0.1, -0.05) is 36.0 Å². The highest BCUT2D eigenvalue weighted by Crippen LogP contribution is 2.46. The maximum atomic E-state index is 12.4. The van der Waals surface area contributed by atoms with Crippen molar-refractivity contribution in [2.45, 2.75) is 23.0 Å². The molecule has 1 saturated heterocycles. The molecule has 0 amide bonds. The second kappa shape index (κ2) is 13.5. The van der Waals surface area contributed by atoms with E-state index in [1.165, 1.54) is 17.3 Å². The average Bonchev–Trinajstić information content (AvgIpc) is 3.03. The van der Waals surface area contributed by atoms with E-state index in [4.69, 9.17) is 14.2 Å². The van der Waals surface area contributed by atoms with E-state index < -0.39 is 17.9 Å². The Bertz CT molecular complexity index is 1050. The molecule has 0 spiro atoms. The molecular weight excluding hydrogens is 508 g/mol. The minimum Gasteiger partial charge on any atom is -0.464 e. The molecule has 35 heavy (non-hydrogen) atoms. The lowest BCUT2D eigenvalue weighted by molar-refractivity contribution is -0.152. The normalized spacial score (nSPS) is 18.7. The zero-order chi connectivity index (χ0) is 25.2. The third-order valence-electron chi connectivity index (χ3n) is 4.94. The van der Waals surface area contributed by atoms with Gasteiger partial charge in [0.1, 0.15) is 30.9 Å². The van der Waals surface area contributed by atoms with E-state index in [2.05, 4.69) is 6.58 Å². The average molecular weight is 535 g/mol. The van der Waals surface area contributed by atoms with Gasteiger partial charge in [0.2, 0.25) is 0 Å². The standard InChI is InChI=1S/C24H26N2O6S3/c1-16-13-33-15-17(34-14-16)12-32-22(28)8-7-21(27)30-9-10-31-24(29)18(11-25)23-26(2)19-5-3-4-6-20(19)35-23/h3-6,17H,1,7-10,12-15H2,2H3/b23-18-. The molecule has 11 heteroatoms. The second-order valence-corrected chi connectivity index (χ2v) is 11.0. The number of nitriles is 1. The van der Waals surface area contributed by atoms with E-state index in [0.717, 1.165) is 27.8 Å². The van der Waals surface area contributed by atoms with Crippen LogP contribution in [0.3, 0.4) is 0 Å². The molecule has 0 aliphatic carbocycles. The lowest BCUT2D eigenvalue weighted by Crippen LogP contribution is -2.20. The Hall–Kier alpha value is -2.55. The molecule has 0 saturated carbocycles. The van der Waals surface area contributed by atoms with Crippen LogP contribution in [0, 0.1) is 11.3 Å². The van der Waals surface area contributed by atoms with Crippen molar-refractivity contribution >= 4 is 58.9 Å². The summed E-state index contributed by atoms with van der Waals surface area (Å²) in [6.45, 7) is 3.93. The Morgan fingerprint density at radius 2 is 1.83 bits per heavy atom. The predicted octanol–water partition coefficient (Wildman–Crippen LogP) is 3.78. The molecule has 3 rings (SSSR count). The lowest BCUT2D eigenvalue weighted by atomic mass is 10.2. The van der Waals surface area contributed by atoms with Crippen molar-refractivity contribution in [3.8, 4) is 6.07 Å². The van der Waals surface area contributed by atoms with Crippen LogP contribution in [0.1, 0.15) is 12.8 Å². The summed E-state index contributed by atoms with van der Waals surface area (Å²) >= 11 is 4.82. The van der Waals surface area contributed by atoms with Crippen molar-refractivity contribution in [2.75, 3.05) is 49.0 Å². The van der Waals surface area contributed by atoms with Gasteiger partial charge in [-0.3, -0.25) is 9.59 Å². The van der Waals surface area contributed by atoms with Crippen LogP contribution < -0.4 is 4.90 Å². The molecule has 0 radical (unpaired) electrons. The smallest absolute Gasteiger partial charge is 0.351 e. The zero-order valence-corrected chi connectivity index (χ0v) is 21.8. The maximum Gasteiger partial charge on any atom is 0.351 e. The van der Waals surface area contributed by atoms with Crippen LogP contribution >= 0.6 is 35.3 Å². The summed E-state index contributed by atoms with van der Waals surface area (Å²) in [6, 6.07) is 9.48. The minimum atomic E-state index is -0.785. The van der Waals surface area contributed by atoms with Gasteiger partial charge in [-0.05, 0) is 12.1 Å². The number of esters is 3. The van der Waals surface area contributed by atoms with E-state index >= 15 is 0 Å². The number of para-hydroxylation sites is 1. The molecule has 0 aromatic heterocycles. The lowest BCUT2D eigenvalue weighted by Gasteiger charge is -2.14. The van der Waals surface area contributed by atoms with Gasteiger partial charge in [-0.2, -0.15) is 17.0 Å². The highest BCUT2D eigenvalue weighted by Gasteiger charge is 2.28. The summed E-state index contributed by atoms with van der Waals surface area (Å²) in [5.41, 5.74) is 1.97. The zero-order valence-electron chi connectivity index (χ0n) is 19.3. The van der Waals surface area contributed by atoms with Crippen molar-refractivity contribution in [1.29, 1.82) is 5.26 Å². The Labute approximate surface area is 217 Å². The SMILES string of the molecule is C=C1CSCC(COC(=O)CCC(=O)OCCOC(=O)/C(C#N)=C2\Sc3ccccc3N2C)SC1. The van der Waals surface area contributed by atoms with Crippen LogP contribution in [0.2, 0.25) is 0 Å². The van der Waals surface area contributed by atoms with Gasteiger partial charge in [0.05, 0.1) is 18.5 Å². The summed E-state index contributed by atoms with van der Waals surface area (Å²) in [6.07, 6.45) is -0.200. The number of hydrogen-bond donors (Lipinski definition) is 0. The minimum absolute atomic E-state index is 0.0787. The molecule has 2 heterocycles. The van der Waals surface area contributed by atoms with Crippen molar-refractivity contribution in [2.24, 2.45) is 0 Å². The third kappa shape index (κ3) is 7.98. The number of nitrogens with zero attached hydrogens (tertiary/aromatic N) is 2. The first kappa shape index (κ1) is 27.0. The topological polar surface area (TPSA) is 106 Å². The van der Waals surface area contributed by atoms with Gasteiger partial charge in [0, 0.05) is 34.5 Å². The fraction of sp³-hybridized carbons (Fsp3) is 0.417. The molecule has 186 valence electrons. The first-order valence-electron chi connectivity index (χ1n) is 10.9. The number of anilines is 1. The molecule has 1 aromatic carbocycles. The third-order valence-corrected chi connectivity index (χ3v) is 8.99. The van der Waals surface area contributed by atoms with Crippen molar-refractivity contribution < 1.29 is 28.6 Å². The van der Waals surface area contributed by atoms with E-state index in [0.29, 0.717) is 11.6 Å². The van der Waals surface area contributed by atoms with Gasteiger partial charge < -0.3 is 19.1 Å². The van der Waals surface area contributed by atoms with Crippen LogP contribution in [-0.4, -0.2) is 67.3 Å². The largest absolute Gasteiger partial charge is 0.464 e. The van der Waals surface area contributed by atoms with Crippen LogP contribution in [-0.2, 0) is 28.6 Å². The van der Waals surface area contributed by atoms with Gasteiger partial charge >= 0.3 is 17.9 Å². The second-order valence-electron chi connectivity index (χ2n) is 7.66. The number of carbonyl (C=O) groups is 3. The van der Waals surface area contributed by atoms with Gasteiger partial charge in [0.25, 0.3) is 0 Å². The van der Waals surface area contributed by atoms with Crippen LogP contribution in [0.5, 0.6) is 0 Å². The number of fused-ring (bicyclic) bond motifs is 1. The quantitative estimate of drug-likeness (QED) is 0.115. The highest BCUT2D eigenvalue weighted by molar-refractivity contribution is 8.04. The molecule has 2 aliphatic heterocycles. The molecule has 0 bridgehead atoms. The highest BCUT2D eigenvalue weighted by atomic mass is 32.2. The first-order chi connectivity index (χ1) is 16.9. The van der Waals surface area contributed by atoms with Gasteiger partial charge in [-0.15, -0.1) is 11.8 Å². The summed E-state index contributed by atoms with van der Waals surface area (Å²) in [5.74, 6) is 0.859. The Kier molecular flexibility index (Phi) is 10.4. The monoisotopic (exact) mass is 534 g/mol. The van der Waals surface area contributed by atoms with E-state index in [1.807, 2.05) is 30.3 Å². The van der Waals surface area contributed by atoms with Crippen molar-refractivity contribution in [3.05, 3.63) is 47.0 Å². The Morgan fingerprint density at radius 3 is 2.57 bits per heavy atom. The van der Waals surface area contributed by atoms with Crippen LogP contribution in [0.15, 0.2) is 51.9 Å². The van der Waals surface area contributed by atoms with E-state index in [1.54, 1.807) is 35.5 Å². The van der Waals surface area contributed by atoms with Crippen LogP contribution in [0.25, 0.3) is 0 Å². The Morgan fingerprint density at radius 1 is 1.11 bits per heavy atom. The number of benzene rings is 1. The number of ether oxygens (including phenoxy) is 3. The molecule has 1 fully saturated rings. The predicted molar refractivity (Wildman–Crippen MR) is 138 cm³/mol. The summed E-state index contributed by atoms with van der Waals surface area (Å²) in [4.78, 5) is 38.9. The van der Waals surface area contributed by atoms with Crippen molar-refractivity contribution in [1.82, 2.24) is 0 Å². The fourth-order valence-electron chi connectivity index (χ4n) is 3.15. The molecule has 2 aliphatic rings. The molecule has 1 unspecified atom stereocenters. The number of thioether (sulfide) groups is 3. The van der Waals surface area contributed by atoms with Gasteiger partial charge in [0.15, 0.2) is 5.57 Å². The number of rotatable bonds is 9. The summed E-state index contributed by atoms with van der Waals surface area (Å²) in [5, 5.41) is 10.2. The van der Waals surface area contributed by atoms with E-state index in [-0.39, 0.29) is 36.9 Å².